The van der Waals surface area contributed by atoms with E-state index in [1.165, 1.54) is 12.1 Å². The monoisotopic (exact) mass is 424 g/mol. The third-order valence-corrected chi connectivity index (χ3v) is 4.52. The number of fused-ring (bicyclic) bond motifs is 1. The molecule has 8 heteroatoms. The standard InChI is InChI=1S/C23H15F3N2O3/c24-23(25,26)16-8-6-9-17(14-16)28(31-18-10-2-1-3-11-18)22(30)19-13-15-7-4-5-12-20(15)27-21(19)29/h1-14H,(H,27,29). The van der Waals surface area contributed by atoms with Gasteiger partial charge in [-0.2, -0.15) is 13.2 Å². The molecule has 0 unspecified atom stereocenters. The molecular weight excluding hydrogens is 409 g/mol. The Labute approximate surface area is 174 Å². The third kappa shape index (κ3) is 4.28. The number of nitrogens with zero attached hydrogens (tertiary/aromatic N) is 1. The smallest absolute Gasteiger partial charge is 0.372 e. The van der Waals surface area contributed by atoms with Gasteiger partial charge in [-0.05, 0) is 47.9 Å². The molecule has 0 spiro atoms. The number of carbonyl (C=O) groups is 1. The van der Waals surface area contributed by atoms with Gasteiger partial charge in [-0.3, -0.25) is 9.59 Å². The molecule has 0 fully saturated rings. The fraction of sp³-hybridized carbons (Fsp3) is 0.0435. The van der Waals surface area contributed by atoms with Crippen molar-refractivity contribution in [3.63, 3.8) is 0 Å². The second-order valence-corrected chi connectivity index (χ2v) is 6.65. The van der Waals surface area contributed by atoms with E-state index in [2.05, 4.69) is 4.98 Å². The van der Waals surface area contributed by atoms with Crippen LogP contribution < -0.4 is 15.5 Å². The zero-order chi connectivity index (χ0) is 22.0. The molecule has 1 amide bonds. The number of H-pyrrole nitrogens is 1. The maximum Gasteiger partial charge on any atom is 0.416 e. The van der Waals surface area contributed by atoms with Crippen molar-refractivity contribution in [3.05, 3.63) is 106 Å². The third-order valence-electron chi connectivity index (χ3n) is 4.52. The number of anilines is 1. The molecule has 0 aliphatic carbocycles. The number of nitrogens with one attached hydrogen (secondary N) is 1. The second-order valence-electron chi connectivity index (χ2n) is 6.65. The van der Waals surface area contributed by atoms with Crippen LogP contribution in [0, 0.1) is 0 Å². The minimum absolute atomic E-state index is 0.170. The van der Waals surface area contributed by atoms with Crippen LogP contribution in [-0.2, 0) is 6.18 Å². The summed E-state index contributed by atoms with van der Waals surface area (Å²) in [7, 11) is 0. The number of alkyl halides is 3. The Kier molecular flexibility index (Phi) is 5.21. The average Bonchev–Trinajstić information content (AvgIpc) is 2.77. The van der Waals surface area contributed by atoms with Crippen LogP contribution >= 0.6 is 0 Å². The number of hydrogen-bond acceptors (Lipinski definition) is 3. The summed E-state index contributed by atoms with van der Waals surface area (Å²) in [5, 5.41) is 1.28. The predicted octanol–water partition coefficient (Wildman–Crippen LogP) is 5.19. The number of rotatable bonds is 4. The van der Waals surface area contributed by atoms with Crippen molar-refractivity contribution in [3.8, 4) is 5.75 Å². The fourth-order valence-electron chi connectivity index (χ4n) is 3.02. The number of para-hydroxylation sites is 2. The minimum Gasteiger partial charge on any atom is -0.372 e. The molecule has 4 rings (SSSR count). The molecule has 5 nitrogen and oxygen atoms in total. The minimum atomic E-state index is -4.61. The van der Waals surface area contributed by atoms with E-state index in [0.717, 1.165) is 18.2 Å². The van der Waals surface area contributed by atoms with Crippen LogP contribution in [0.2, 0.25) is 0 Å². The van der Waals surface area contributed by atoms with E-state index in [9.17, 15) is 22.8 Å². The number of halogens is 3. The highest BCUT2D eigenvalue weighted by atomic mass is 19.4. The zero-order valence-electron chi connectivity index (χ0n) is 15.9. The Hall–Kier alpha value is -4.07. The number of hydroxylamine groups is 1. The molecule has 0 saturated heterocycles. The molecule has 0 radical (unpaired) electrons. The Bertz CT molecular complexity index is 1300. The van der Waals surface area contributed by atoms with Gasteiger partial charge >= 0.3 is 6.18 Å². The predicted molar refractivity (Wildman–Crippen MR) is 110 cm³/mol. The van der Waals surface area contributed by atoms with Crippen molar-refractivity contribution in [2.75, 3.05) is 5.06 Å². The van der Waals surface area contributed by atoms with E-state index in [1.54, 1.807) is 54.6 Å². The fourth-order valence-corrected chi connectivity index (χ4v) is 3.02. The first-order valence-corrected chi connectivity index (χ1v) is 9.20. The van der Waals surface area contributed by atoms with E-state index >= 15 is 0 Å². The van der Waals surface area contributed by atoms with E-state index in [0.29, 0.717) is 16.0 Å². The lowest BCUT2D eigenvalue weighted by Gasteiger charge is -2.23. The van der Waals surface area contributed by atoms with Crippen LogP contribution in [0.25, 0.3) is 10.9 Å². The molecule has 0 aliphatic rings. The highest BCUT2D eigenvalue weighted by molar-refractivity contribution is 6.06. The first kappa shape index (κ1) is 20.2. The molecule has 1 heterocycles. The molecule has 4 aromatic rings. The van der Waals surface area contributed by atoms with Gasteiger partial charge in [0.2, 0.25) is 0 Å². The summed E-state index contributed by atoms with van der Waals surface area (Å²) in [6.45, 7) is 0. The average molecular weight is 424 g/mol. The van der Waals surface area contributed by atoms with Crippen molar-refractivity contribution in [1.29, 1.82) is 0 Å². The number of pyridine rings is 1. The Morgan fingerprint density at radius 2 is 1.58 bits per heavy atom. The molecule has 0 aliphatic heterocycles. The summed E-state index contributed by atoms with van der Waals surface area (Å²) in [5.41, 5.74) is -1.55. The van der Waals surface area contributed by atoms with Gasteiger partial charge in [0.1, 0.15) is 5.56 Å². The van der Waals surface area contributed by atoms with Gasteiger partial charge in [-0.25, -0.2) is 0 Å². The number of benzene rings is 3. The highest BCUT2D eigenvalue weighted by Gasteiger charge is 2.32. The van der Waals surface area contributed by atoms with Gasteiger partial charge in [0, 0.05) is 5.52 Å². The van der Waals surface area contributed by atoms with Crippen LogP contribution in [0.15, 0.2) is 89.7 Å². The van der Waals surface area contributed by atoms with Gasteiger partial charge in [0.25, 0.3) is 11.5 Å². The number of hydrogen-bond donors (Lipinski definition) is 1. The number of aromatic nitrogens is 1. The Balaban J connectivity index is 1.82. The molecule has 0 saturated carbocycles. The lowest BCUT2D eigenvalue weighted by molar-refractivity contribution is -0.137. The van der Waals surface area contributed by atoms with Gasteiger partial charge in [0.15, 0.2) is 5.75 Å². The van der Waals surface area contributed by atoms with Crippen LogP contribution in [-0.4, -0.2) is 10.9 Å². The SMILES string of the molecule is O=C(c1cc2ccccc2[nH]c1=O)N(Oc1ccccc1)c1cccc(C(F)(F)F)c1. The zero-order valence-corrected chi connectivity index (χ0v) is 15.9. The molecule has 3 aromatic carbocycles. The summed E-state index contributed by atoms with van der Waals surface area (Å²) in [5.74, 6) is -0.694. The first-order chi connectivity index (χ1) is 14.8. The number of carbonyl (C=O) groups excluding carboxylic acids is 1. The van der Waals surface area contributed by atoms with E-state index in [-0.39, 0.29) is 17.0 Å². The topological polar surface area (TPSA) is 62.4 Å². The lowest BCUT2D eigenvalue weighted by atomic mass is 10.1. The highest BCUT2D eigenvalue weighted by Crippen LogP contribution is 2.32. The van der Waals surface area contributed by atoms with Crippen molar-refractivity contribution in [2.45, 2.75) is 6.18 Å². The molecule has 0 bridgehead atoms. The normalized spacial score (nSPS) is 11.3. The van der Waals surface area contributed by atoms with Gasteiger partial charge < -0.3 is 9.82 Å². The summed E-state index contributed by atoms with van der Waals surface area (Å²) < 4.78 is 39.7. The van der Waals surface area contributed by atoms with Crippen LogP contribution in [0.4, 0.5) is 18.9 Å². The number of aromatic amines is 1. The maximum absolute atomic E-state index is 13.3. The lowest BCUT2D eigenvalue weighted by Crippen LogP contribution is -2.37. The second kappa shape index (κ2) is 7.98. The van der Waals surface area contributed by atoms with Crippen LogP contribution in [0.3, 0.4) is 0 Å². The molecular formula is C23H15F3N2O3. The Morgan fingerprint density at radius 1 is 0.871 bits per heavy atom. The summed E-state index contributed by atoms with van der Waals surface area (Å²) >= 11 is 0. The van der Waals surface area contributed by atoms with E-state index in [4.69, 9.17) is 4.84 Å². The molecule has 0 atom stereocenters. The van der Waals surface area contributed by atoms with E-state index in [1.807, 2.05) is 0 Å². The first-order valence-electron chi connectivity index (χ1n) is 9.20. The maximum atomic E-state index is 13.3. The van der Waals surface area contributed by atoms with E-state index < -0.39 is 23.2 Å². The van der Waals surface area contributed by atoms with Crippen molar-refractivity contribution < 1.29 is 22.8 Å². The summed E-state index contributed by atoms with van der Waals surface area (Å²) in [6, 6.07) is 20.5. The molecule has 156 valence electrons. The van der Waals surface area contributed by atoms with Crippen LogP contribution in [0.1, 0.15) is 15.9 Å². The van der Waals surface area contributed by atoms with Gasteiger partial charge in [0.05, 0.1) is 11.3 Å². The summed E-state index contributed by atoms with van der Waals surface area (Å²) in [4.78, 5) is 34.0. The molecule has 1 aromatic heterocycles. The molecule has 1 N–H and O–H groups in total. The van der Waals surface area contributed by atoms with Crippen molar-refractivity contribution in [2.24, 2.45) is 0 Å². The van der Waals surface area contributed by atoms with Crippen molar-refractivity contribution in [1.82, 2.24) is 4.98 Å². The van der Waals surface area contributed by atoms with Gasteiger partial charge in [-0.1, -0.05) is 42.5 Å². The largest absolute Gasteiger partial charge is 0.416 e. The quantitative estimate of drug-likeness (QED) is 0.459. The van der Waals surface area contributed by atoms with Crippen molar-refractivity contribution >= 4 is 22.5 Å². The summed E-state index contributed by atoms with van der Waals surface area (Å²) in [6.07, 6.45) is -4.61. The van der Waals surface area contributed by atoms with Gasteiger partial charge in [-0.15, -0.1) is 5.06 Å². The number of amides is 1. The van der Waals surface area contributed by atoms with Crippen LogP contribution in [0.5, 0.6) is 5.75 Å². The Morgan fingerprint density at radius 3 is 2.32 bits per heavy atom. The molecule has 31 heavy (non-hydrogen) atoms.